The summed E-state index contributed by atoms with van der Waals surface area (Å²) in [4.78, 5) is 39.2. The number of rotatable bonds is 11. The van der Waals surface area contributed by atoms with Gasteiger partial charge in [0.15, 0.2) is 5.82 Å². The fraction of sp³-hybridized carbons (Fsp3) is 0.395. The molecule has 3 aliphatic rings. The molecule has 2 aliphatic heterocycles. The van der Waals surface area contributed by atoms with Gasteiger partial charge in [0.1, 0.15) is 5.82 Å². The Kier molecular flexibility index (Phi) is 11.3. The van der Waals surface area contributed by atoms with E-state index in [1.54, 1.807) is 12.3 Å². The molecule has 4 heterocycles. The van der Waals surface area contributed by atoms with Crippen molar-refractivity contribution >= 4 is 63.0 Å². The molecule has 0 radical (unpaired) electrons. The second kappa shape index (κ2) is 16.5. The molecule has 5 aromatic rings. The number of benzene rings is 3. The maximum absolute atomic E-state index is 13.7. The molecule has 8 rings (SSSR count). The van der Waals surface area contributed by atoms with E-state index in [1.807, 2.05) is 48.0 Å². The van der Waals surface area contributed by atoms with Crippen LogP contribution in [0.4, 0.5) is 17.2 Å². The minimum Gasteiger partial charge on any atom is -0.481 e. The van der Waals surface area contributed by atoms with Gasteiger partial charge >= 0.3 is 5.97 Å². The molecule has 2 aromatic heterocycles. The van der Waals surface area contributed by atoms with E-state index in [0.29, 0.717) is 63.2 Å². The van der Waals surface area contributed by atoms with E-state index in [0.717, 1.165) is 93.3 Å². The van der Waals surface area contributed by atoms with Gasteiger partial charge in [0.05, 0.1) is 39.1 Å². The number of carboxylic acids is 1. The van der Waals surface area contributed by atoms with E-state index in [-0.39, 0.29) is 17.9 Å². The molecule has 0 bridgehead atoms. The van der Waals surface area contributed by atoms with E-state index < -0.39 is 5.97 Å². The number of fused-ring (bicyclic) bond motifs is 2. The Bertz CT molecular complexity index is 2270. The van der Waals surface area contributed by atoms with Crippen LogP contribution in [-0.2, 0) is 31.4 Å². The summed E-state index contributed by atoms with van der Waals surface area (Å²) >= 11 is 14.1. The molecular formula is C43H47Cl2N7O4. The van der Waals surface area contributed by atoms with Gasteiger partial charge in [-0.1, -0.05) is 59.6 Å². The summed E-state index contributed by atoms with van der Waals surface area (Å²) in [7, 11) is 1.89. The fourth-order valence-electron chi connectivity index (χ4n) is 8.66. The van der Waals surface area contributed by atoms with E-state index in [9.17, 15) is 19.8 Å². The predicted octanol–water partition coefficient (Wildman–Crippen LogP) is 8.14. The van der Waals surface area contributed by atoms with Crippen molar-refractivity contribution in [1.82, 2.24) is 24.3 Å². The molecule has 56 heavy (non-hydrogen) atoms. The van der Waals surface area contributed by atoms with E-state index in [2.05, 4.69) is 43.6 Å². The van der Waals surface area contributed by atoms with Crippen LogP contribution in [0.1, 0.15) is 66.1 Å². The number of nitrogens with zero attached hydrogens (tertiary/aromatic N) is 5. The molecule has 1 saturated carbocycles. The number of hydrogen-bond donors (Lipinski definition) is 4. The number of halogens is 2. The Labute approximate surface area is 336 Å². The third kappa shape index (κ3) is 8.15. The first-order valence-electron chi connectivity index (χ1n) is 19.5. The lowest BCUT2D eigenvalue weighted by atomic mass is 9.80. The van der Waals surface area contributed by atoms with Gasteiger partial charge in [0, 0.05) is 74.6 Å². The van der Waals surface area contributed by atoms with Crippen LogP contribution in [0.25, 0.3) is 21.9 Å². The van der Waals surface area contributed by atoms with Crippen LogP contribution in [0.3, 0.4) is 0 Å². The summed E-state index contributed by atoms with van der Waals surface area (Å²) in [5.74, 6) is 0.372. The first kappa shape index (κ1) is 38.4. The number of pyridine rings is 1. The van der Waals surface area contributed by atoms with E-state index in [4.69, 9.17) is 28.2 Å². The molecule has 0 unspecified atom stereocenters. The quantitative estimate of drug-likeness (QED) is 0.105. The van der Waals surface area contributed by atoms with Crippen molar-refractivity contribution in [1.29, 1.82) is 0 Å². The lowest BCUT2D eigenvalue weighted by molar-refractivity contribution is -0.143. The van der Waals surface area contributed by atoms with Crippen LogP contribution in [0.5, 0.6) is 0 Å². The Morgan fingerprint density at radius 1 is 0.911 bits per heavy atom. The maximum atomic E-state index is 13.7. The number of carbonyl (C=O) groups is 2. The minimum absolute atomic E-state index is 0.192. The number of anilines is 3. The Balaban J connectivity index is 0.941. The summed E-state index contributed by atoms with van der Waals surface area (Å²) in [6.45, 7) is 4.89. The topological polar surface area (TPSA) is 136 Å². The monoisotopic (exact) mass is 795 g/mol. The van der Waals surface area contributed by atoms with Crippen LogP contribution in [-0.4, -0.2) is 78.7 Å². The van der Waals surface area contributed by atoms with Crippen LogP contribution in [0.15, 0.2) is 66.9 Å². The summed E-state index contributed by atoms with van der Waals surface area (Å²) < 4.78 is 1.89. The number of hydrogen-bond acceptors (Lipinski definition) is 8. The number of carboxylic acid groups (broad SMARTS) is 1. The maximum Gasteiger partial charge on any atom is 0.306 e. The van der Waals surface area contributed by atoms with Crippen molar-refractivity contribution in [3.05, 3.63) is 99.7 Å². The Morgan fingerprint density at radius 2 is 1.66 bits per heavy atom. The molecular weight excluding hydrogens is 749 g/mol. The molecule has 1 saturated heterocycles. The molecule has 0 spiro atoms. The third-order valence-electron chi connectivity index (χ3n) is 11.9. The highest BCUT2D eigenvalue weighted by Crippen LogP contribution is 2.41. The number of aromatic nitrogens is 3. The van der Waals surface area contributed by atoms with Crippen LogP contribution >= 0.6 is 23.2 Å². The number of aliphatic carboxylic acids is 1. The van der Waals surface area contributed by atoms with Crippen molar-refractivity contribution < 1.29 is 19.8 Å². The average molecular weight is 797 g/mol. The molecule has 1 aliphatic carbocycles. The number of nitrogens with one attached hydrogen (secondary N) is 2. The third-order valence-corrected chi connectivity index (χ3v) is 12.7. The summed E-state index contributed by atoms with van der Waals surface area (Å²) in [5.41, 5.74) is 5.66. The van der Waals surface area contributed by atoms with Crippen molar-refractivity contribution in [3.8, 4) is 11.1 Å². The Morgan fingerprint density at radius 3 is 2.39 bits per heavy atom. The first-order chi connectivity index (χ1) is 27.1. The number of aliphatic hydroxyl groups excluding tert-OH is 1. The Hall–Kier alpha value is -4.52. The SMILES string of the molecule is Cn1c(C(=O)Nc2cccc(-c3cccc(Nc4nccc5cc(CN6CC[C@@H](O)C6)ccc45)c3Cl)c2Cl)nc2c1CCN(CCC1CCC(C(=O)O)CC1)C2. The molecule has 2 fully saturated rings. The standard InChI is InChI=1S/C43H47Cl2N7O4/c1-50-37-17-21-51(19-15-26-8-11-28(12-9-26)43(55)56)25-36(37)48-41(50)42(54)49-35-7-3-5-33(39(35)45)32-4-2-6-34(38(32)44)47-40-31-13-10-27(22-29(31)14-18-46-40)23-52-20-16-30(53)24-52/h2-7,10,13-14,18,22,26,28,30,53H,8-9,11-12,15-17,19-21,23-25H2,1H3,(H,46,47)(H,49,54)(H,55,56)/t26?,28?,30-/m1/s1. The number of amides is 1. The highest BCUT2D eigenvalue weighted by atomic mass is 35.5. The molecule has 292 valence electrons. The fourth-order valence-corrected chi connectivity index (χ4v) is 9.21. The summed E-state index contributed by atoms with van der Waals surface area (Å²) in [6, 6.07) is 19.5. The number of aliphatic hydroxyl groups is 1. The zero-order valence-electron chi connectivity index (χ0n) is 31.5. The number of likely N-dealkylation sites (tertiary alicyclic amines) is 1. The zero-order valence-corrected chi connectivity index (χ0v) is 33.0. The second-order valence-corrected chi connectivity index (χ2v) is 16.3. The van der Waals surface area contributed by atoms with Crippen LogP contribution in [0, 0.1) is 11.8 Å². The van der Waals surface area contributed by atoms with Crippen molar-refractivity contribution in [3.63, 3.8) is 0 Å². The minimum atomic E-state index is -0.665. The number of imidazole rings is 1. The van der Waals surface area contributed by atoms with Crippen LogP contribution < -0.4 is 10.6 Å². The van der Waals surface area contributed by atoms with Crippen molar-refractivity contribution in [2.24, 2.45) is 18.9 Å². The first-order valence-corrected chi connectivity index (χ1v) is 20.3. The highest BCUT2D eigenvalue weighted by Gasteiger charge is 2.29. The van der Waals surface area contributed by atoms with Gasteiger partial charge in [0.25, 0.3) is 5.91 Å². The van der Waals surface area contributed by atoms with E-state index >= 15 is 0 Å². The summed E-state index contributed by atoms with van der Waals surface area (Å²) in [5, 5.41) is 28.6. The second-order valence-electron chi connectivity index (χ2n) is 15.6. The summed E-state index contributed by atoms with van der Waals surface area (Å²) in [6.07, 6.45) is 7.67. The normalized spacial score (nSPS) is 20.2. The van der Waals surface area contributed by atoms with Crippen molar-refractivity contribution in [2.75, 3.05) is 36.8 Å². The van der Waals surface area contributed by atoms with Crippen LogP contribution in [0.2, 0.25) is 10.0 Å². The van der Waals surface area contributed by atoms with Gasteiger partial charge in [0.2, 0.25) is 0 Å². The highest BCUT2D eigenvalue weighted by molar-refractivity contribution is 6.39. The smallest absolute Gasteiger partial charge is 0.306 e. The molecule has 13 heteroatoms. The lowest BCUT2D eigenvalue weighted by Gasteiger charge is -2.30. The molecule has 3 aromatic carbocycles. The molecule has 4 N–H and O–H groups in total. The van der Waals surface area contributed by atoms with Gasteiger partial charge in [-0.05, 0) is 86.2 Å². The number of carbonyl (C=O) groups excluding carboxylic acids is 1. The van der Waals surface area contributed by atoms with Gasteiger partial charge in [-0.2, -0.15) is 0 Å². The zero-order chi connectivity index (χ0) is 38.9. The number of β-amino-alcohol motifs (C(OH)–C–C–N with tert-alkyl or cyclic N) is 1. The van der Waals surface area contributed by atoms with Gasteiger partial charge < -0.3 is 25.4 Å². The van der Waals surface area contributed by atoms with Gasteiger partial charge in [-0.3, -0.25) is 19.4 Å². The predicted molar refractivity (Wildman–Crippen MR) is 221 cm³/mol. The lowest BCUT2D eigenvalue weighted by Crippen LogP contribution is -2.33. The van der Waals surface area contributed by atoms with Crippen molar-refractivity contribution in [2.45, 2.75) is 64.1 Å². The molecule has 1 amide bonds. The van der Waals surface area contributed by atoms with E-state index in [1.165, 1.54) is 5.56 Å². The van der Waals surface area contributed by atoms with Gasteiger partial charge in [-0.25, -0.2) is 9.97 Å². The molecule has 11 nitrogen and oxygen atoms in total. The largest absolute Gasteiger partial charge is 0.481 e. The molecule has 1 atom stereocenters. The average Bonchev–Trinajstić information content (AvgIpc) is 3.76. The van der Waals surface area contributed by atoms with Gasteiger partial charge in [-0.15, -0.1) is 0 Å².